The molecule has 8 nitrogen and oxygen atoms in total. The first kappa shape index (κ1) is 17.8. The molecule has 2 heterocycles. The minimum atomic E-state index is -3.89. The number of carboxylic acid groups (broad SMARTS) is 1. The molecule has 9 heteroatoms. The number of carboxylic acids is 1. The summed E-state index contributed by atoms with van der Waals surface area (Å²) in [6.45, 7) is 2.18. The predicted molar refractivity (Wildman–Crippen MR) is 87.7 cm³/mol. The van der Waals surface area contributed by atoms with E-state index < -0.39 is 22.0 Å². The second-order valence-corrected chi connectivity index (χ2v) is 7.93. The van der Waals surface area contributed by atoms with E-state index in [4.69, 9.17) is 4.74 Å². The summed E-state index contributed by atoms with van der Waals surface area (Å²) in [6, 6.07) is 4.63. The SMILES string of the molecule is O=C(O)C1CCCN1S(=O)(=O)c1ccc(C(=O)N2CCOCC2)cc1. The van der Waals surface area contributed by atoms with Crippen LogP contribution in [0, 0.1) is 0 Å². The Kier molecular flexibility index (Phi) is 5.07. The summed E-state index contributed by atoms with van der Waals surface area (Å²) in [6.07, 6.45) is 0.825. The molecule has 136 valence electrons. The molecule has 2 aliphatic heterocycles. The van der Waals surface area contributed by atoms with Crippen molar-refractivity contribution in [3.05, 3.63) is 29.8 Å². The third-order valence-corrected chi connectivity index (χ3v) is 6.42. The molecule has 2 aliphatic rings. The fraction of sp³-hybridized carbons (Fsp3) is 0.500. The van der Waals surface area contributed by atoms with E-state index in [9.17, 15) is 23.1 Å². The van der Waals surface area contributed by atoms with Crippen LogP contribution >= 0.6 is 0 Å². The lowest BCUT2D eigenvalue weighted by molar-refractivity contribution is -0.140. The smallest absolute Gasteiger partial charge is 0.322 e. The van der Waals surface area contributed by atoms with Crippen molar-refractivity contribution in [2.45, 2.75) is 23.8 Å². The van der Waals surface area contributed by atoms with Gasteiger partial charge in [-0.25, -0.2) is 8.42 Å². The summed E-state index contributed by atoms with van der Waals surface area (Å²) in [7, 11) is -3.89. The topological polar surface area (TPSA) is 104 Å². The van der Waals surface area contributed by atoms with Gasteiger partial charge in [-0.1, -0.05) is 0 Å². The van der Waals surface area contributed by atoms with E-state index in [-0.39, 0.29) is 17.3 Å². The van der Waals surface area contributed by atoms with E-state index in [2.05, 4.69) is 0 Å². The summed E-state index contributed by atoms with van der Waals surface area (Å²) >= 11 is 0. The number of ether oxygens (including phenoxy) is 1. The molecule has 0 aromatic heterocycles. The molecular formula is C16H20N2O6S. The number of hydrogen-bond donors (Lipinski definition) is 1. The average Bonchev–Trinajstić information content (AvgIpc) is 3.13. The normalized spacial score (nSPS) is 22.1. The van der Waals surface area contributed by atoms with Gasteiger partial charge in [0.15, 0.2) is 0 Å². The summed E-state index contributed by atoms with van der Waals surface area (Å²) in [4.78, 5) is 25.3. The van der Waals surface area contributed by atoms with Crippen LogP contribution < -0.4 is 0 Å². The zero-order chi connectivity index (χ0) is 18.0. The van der Waals surface area contributed by atoms with Crippen LogP contribution in [0.25, 0.3) is 0 Å². The first-order valence-electron chi connectivity index (χ1n) is 8.13. The largest absolute Gasteiger partial charge is 0.480 e. The molecule has 0 bridgehead atoms. The minimum absolute atomic E-state index is 0.000762. The first-order valence-corrected chi connectivity index (χ1v) is 9.57. The maximum absolute atomic E-state index is 12.7. The number of nitrogens with zero attached hydrogens (tertiary/aromatic N) is 2. The van der Waals surface area contributed by atoms with Crippen molar-refractivity contribution in [2.75, 3.05) is 32.8 Å². The standard InChI is InChI=1S/C16H20N2O6S/c19-15(17-8-10-24-11-9-17)12-3-5-13(6-4-12)25(22,23)18-7-1-2-14(18)16(20)21/h3-6,14H,1-2,7-11H2,(H,20,21). The quantitative estimate of drug-likeness (QED) is 0.825. The van der Waals surface area contributed by atoms with Gasteiger partial charge in [0.05, 0.1) is 18.1 Å². The van der Waals surface area contributed by atoms with Gasteiger partial charge in [0, 0.05) is 25.2 Å². The molecule has 2 saturated heterocycles. The van der Waals surface area contributed by atoms with Gasteiger partial charge in [0.2, 0.25) is 10.0 Å². The number of amides is 1. The minimum Gasteiger partial charge on any atom is -0.480 e. The first-order chi connectivity index (χ1) is 11.9. The molecule has 2 fully saturated rings. The highest BCUT2D eigenvalue weighted by Gasteiger charge is 2.39. The third kappa shape index (κ3) is 3.53. The number of aliphatic carboxylic acids is 1. The van der Waals surface area contributed by atoms with E-state index in [0.29, 0.717) is 44.7 Å². The molecule has 0 spiro atoms. The number of hydrogen-bond acceptors (Lipinski definition) is 5. The second-order valence-electron chi connectivity index (χ2n) is 6.04. The number of morpholine rings is 1. The van der Waals surface area contributed by atoms with Crippen molar-refractivity contribution < 1.29 is 27.9 Å². The zero-order valence-corrected chi connectivity index (χ0v) is 14.4. The van der Waals surface area contributed by atoms with Gasteiger partial charge in [-0.3, -0.25) is 9.59 Å². The molecule has 1 unspecified atom stereocenters. The fourth-order valence-electron chi connectivity index (χ4n) is 3.13. The van der Waals surface area contributed by atoms with Crippen LogP contribution in [0.2, 0.25) is 0 Å². The van der Waals surface area contributed by atoms with Gasteiger partial charge in [0.1, 0.15) is 6.04 Å². The summed E-state index contributed by atoms with van der Waals surface area (Å²) in [5.41, 5.74) is 0.400. The van der Waals surface area contributed by atoms with Crippen molar-refractivity contribution >= 4 is 21.9 Å². The van der Waals surface area contributed by atoms with Gasteiger partial charge in [-0.2, -0.15) is 4.31 Å². The van der Waals surface area contributed by atoms with Crippen LogP contribution in [0.3, 0.4) is 0 Å². The maximum Gasteiger partial charge on any atom is 0.322 e. The second kappa shape index (κ2) is 7.11. The lowest BCUT2D eigenvalue weighted by Crippen LogP contribution is -2.41. The molecule has 1 aromatic carbocycles. The third-order valence-electron chi connectivity index (χ3n) is 4.49. The molecule has 25 heavy (non-hydrogen) atoms. The van der Waals surface area contributed by atoms with Crippen LogP contribution in [0.15, 0.2) is 29.2 Å². The van der Waals surface area contributed by atoms with Crippen molar-refractivity contribution in [3.63, 3.8) is 0 Å². The van der Waals surface area contributed by atoms with Gasteiger partial charge in [0.25, 0.3) is 5.91 Å². The van der Waals surface area contributed by atoms with E-state index in [0.717, 1.165) is 4.31 Å². The molecule has 1 N–H and O–H groups in total. The van der Waals surface area contributed by atoms with Crippen molar-refractivity contribution in [2.24, 2.45) is 0 Å². The van der Waals surface area contributed by atoms with Gasteiger partial charge in [-0.05, 0) is 37.1 Å². The molecule has 1 amide bonds. The molecule has 0 radical (unpaired) electrons. The van der Waals surface area contributed by atoms with E-state index in [1.807, 2.05) is 0 Å². The van der Waals surface area contributed by atoms with Crippen LogP contribution in [0.5, 0.6) is 0 Å². The molecule has 3 rings (SSSR count). The lowest BCUT2D eigenvalue weighted by atomic mass is 10.2. The number of carbonyl (C=O) groups excluding carboxylic acids is 1. The number of carbonyl (C=O) groups is 2. The maximum atomic E-state index is 12.7. The van der Waals surface area contributed by atoms with E-state index in [1.165, 1.54) is 24.3 Å². The Labute approximate surface area is 146 Å². The van der Waals surface area contributed by atoms with Crippen molar-refractivity contribution in [3.8, 4) is 0 Å². The predicted octanol–water partition coefficient (Wildman–Crippen LogP) is 0.397. The Balaban J connectivity index is 1.79. The lowest BCUT2D eigenvalue weighted by Gasteiger charge is -2.27. The summed E-state index contributed by atoms with van der Waals surface area (Å²) in [5.74, 6) is -1.31. The van der Waals surface area contributed by atoms with Crippen LogP contribution in [-0.2, 0) is 19.6 Å². The van der Waals surface area contributed by atoms with Crippen LogP contribution in [-0.4, -0.2) is 73.5 Å². The monoisotopic (exact) mass is 368 g/mol. The van der Waals surface area contributed by atoms with Gasteiger partial charge in [-0.15, -0.1) is 0 Å². The zero-order valence-electron chi connectivity index (χ0n) is 13.6. The Morgan fingerprint density at radius 2 is 1.72 bits per heavy atom. The highest BCUT2D eigenvalue weighted by Crippen LogP contribution is 2.26. The average molecular weight is 368 g/mol. The van der Waals surface area contributed by atoms with Crippen LogP contribution in [0.1, 0.15) is 23.2 Å². The Morgan fingerprint density at radius 1 is 1.08 bits per heavy atom. The highest BCUT2D eigenvalue weighted by molar-refractivity contribution is 7.89. The Morgan fingerprint density at radius 3 is 2.32 bits per heavy atom. The summed E-state index contributed by atoms with van der Waals surface area (Å²) in [5, 5.41) is 9.19. The van der Waals surface area contributed by atoms with Crippen molar-refractivity contribution in [1.82, 2.24) is 9.21 Å². The fourth-order valence-corrected chi connectivity index (χ4v) is 4.78. The molecule has 0 saturated carbocycles. The van der Waals surface area contributed by atoms with Crippen molar-refractivity contribution in [1.29, 1.82) is 0 Å². The highest BCUT2D eigenvalue weighted by atomic mass is 32.2. The molecular weight excluding hydrogens is 348 g/mol. The summed E-state index contributed by atoms with van der Waals surface area (Å²) < 4.78 is 31.6. The van der Waals surface area contributed by atoms with E-state index >= 15 is 0 Å². The van der Waals surface area contributed by atoms with Gasteiger partial charge < -0.3 is 14.7 Å². The van der Waals surface area contributed by atoms with E-state index in [1.54, 1.807) is 4.90 Å². The van der Waals surface area contributed by atoms with Gasteiger partial charge >= 0.3 is 5.97 Å². The Bertz CT molecular complexity index is 755. The molecule has 1 atom stereocenters. The molecule has 1 aromatic rings. The van der Waals surface area contributed by atoms with Crippen LogP contribution in [0.4, 0.5) is 0 Å². The molecule has 0 aliphatic carbocycles. The number of rotatable bonds is 4. The Hall–Kier alpha value is -1.97. The number of benzene rings is 1. The number of sulfonamides is 1.